The Hall–Kier alpha value is -1.45. The van der Waals surface area contributed by atoms with Gasteiger partial charge in [0.2, 0.25) is 10.0 Å². The minimum Gasteiger partial charge on any atom is -0.481 e. The van der Waals surface area contributed by atoms with E-state index in [1.54, 1.807) is 7.05 Å². The maximum atomic E-state index is 12.6. The summed E-state index contributed by atoms with van der Waals surface area (Å²) in [6.07, 6.45) is 3.95. The van der Waals surface area contributed by atoms with E-state index in [0.29, 0.717) is 19.4 Å². The summed E-state index contributed by atoms with van der Waals surface area (Å²) >= 11 is 0. The van der Waals surface area contributed by atoms with Crippen LogP contribution in [-0.4, -0.2) is 60.4 Å². The Kier molecular flexibility index (Phi) is 4.88. The van der Waals surface area contributed by atoms with Crippen molar-refractivity contribution in [3.63, 3.8) is 0 Å². The van der Waals surface area contributed by atoms with Crippen molar-refractivity contribution < 1.29 is 23.1 Å². The lowest BCUT2D eigenvalue weighted by Crippen LogP contribution is -2.50. The zero-order valence-electron chi connectivity index (χ0n) is 12.7. The van der Waals surface area contributed by atoms with Crippen LogP contribution in [0.5, 0.6) is 0 Å². The monoisotopic (exact) mass is 331 g/mol. The van der Waals surface area contributed by atoms with Crippen molar-refractivity contribution in [3.8, 4) is 0 Å². The molecule has 1 aromatic heterocycles. The third-order valence-electron chi connectivity index (χ3n) is 4.10. The van der Waals surface area contributed by atoms with E-state index in [2.05, 4.69) is 5.10 Å². The molecule has 1 atom stereocenters. The number of carboxylic acid groups (broad SMARTS) is 1. The maximum absolute atomic E-state index is 12.6. The standard InChI is InChI=1S/C13H21N3O5S/c1-15-9-11(8-14-15)22(19,20)16-6-3-4-13(10-16,12(17)18)5-7-21-2/h8-9H,3-7,10H2,1-2H3,(H,17,18). The summed E-state index contributed by atoms with van der Waals surface area (Å²) in [7, 11) is -0.588. The van der Waals surface area contributed by atoms with Gasteiger partial charge < -0.3 is 9.84 Å². The summed E-state index contributed by atoms with van der Waals surface area (Å²) in [5, 5.41) is 13.5. The fourth-order valence-corrected chi connectivity index (χ4v) is 4.31. The molecule has 2 heterocycles. The van der Waals surface area contributed by atoms with Gasteiger partial charge in [0.15, 0.2) is 0 Å². The van der Waals surface area contributed by atoms with E-state index < -0.39 is 21.4 Å². The van der Waals surface area contributed by atoms with Crippen molar-refractivity contribution >= 4 is 16.0 Å². The highest BCUT2D eigenvalue weighted by molar-refractivity contribution is 7.89. The van der Waals surface area contributed by atoms with Crippen LogP contribution >= 0.6 is 0 Å². The lowest BCUT2D eigenvalue weighted by atomic mass is 9.78. The van der Waals surface area contributed by atoms with E-state index in [0.717, 1.165) is 0 Å². The zero-order valence-corrected chi connectivity index (χ0v) is 13.5. The molecule has 1 aliphatic heterocycles. The first-order valence-corrected chi connectivity index (χ1v) is 8.47. The smallest absolute Gasteiger partial charge is 0.311 e. The number of hydrogen-bond donors (Lipinski definition) is 1. The summed E-state index contributed by atoms with van der Waals surface area (Å²) in [6, 6.07) is 0. The molecular formula is C13H21N3O5S. The molecule has 1 saturated heterocycles. The SMILES string of the molecule is COCCC1(C(=O)O)CCCN(S(=O)(=O)c2cnn(C)c2)C1. The molecule has 1 aromatic rings. The topological polar surface area (TPSA) is 102 Å². The van der Waals surface area contributed by atoms with E-state index in [1.807, 2.05) is 0 Å². The van der Waals surface area contributed by atoms with Gasteiger partial charge in [-0.15, -0.1) is 0 Å². The van der Waals surface area contributed by atoms with E-state index in [9.17, 15) is 18.3 Å². The number of aliphatic carboxylic acids is 1. The summed E-state index contributed by atoms with van der Waals surface area (Å²) in [5.74, 6) is -0.976. The number of carboxylic acids is 1. The molecule has 1 N–H and O–H groups in total. The van der Waals surface area contributed by atoms with Crippen LogP contribution in [0.2, 0.25) is 0 Å². The number of hydrogen-bond acceptors (Lipinski definition) is 5. The average Bonchev–Trinajstić information content (AvgIpc) is 2.92. The van der Waals surface area contributed by atoms with Crippen LogP contribution < -0.4 is 0 Å². The van der Waals surface area contributed by atoms with Crippen molar-refractivity contribution in [2.75, 3.05) is 26.8 Å². The number of nitrogens with zero attached hydrogens (tertiary/aromatic N) is 3. The highest BCUT2D eigenvalue weighted by atomic mass is 32.2. The van der Waals surface area contributed by atoms with Crippen LogP contribution in [0.3, 0.4) is 0 Å². The number of sulfonamides is 1. The number of carbonyl (C=O) groups is 1. The largest absolute Gasteiger partial charge is 0.481 e. The minimum absolute atomic E-state index is 0.0388. The molecule has 124 valence electrons. The van der Waals surface area contributed by atoms with Gasteiger partial charge in [-0.3, -0.25) is 9.48 Å². The van der Waals surface area contributed by atoms with Crippen molar-refractivity contribution in [1.29, 1.82) is 0 Å². The van der Waals surface area contributed by atoms with Crippen LogP contribution in [0.4, 0.5) is 0 Å². The number of methoxy groups -OCH3 is 1. The van der Waals surface area contributed by atoms with Gasteiger partial charge in [-0.25, -0.2) is 8.42 Å². The molecule has 1 aliphatic rings. The quantitative estimate of drug-likeness (QED) is 0.805. The van der Waals surface area contributed by atoms with Gasteiger partial charge in [-0.1, -0.05) is 0 Å². The lowest BCUT2D eigenvalue weighted by molar-refractivity contribution is -0.152. The number of rotatable bonds is 6. The number of aryl methyl sites for hydroxylation is 1. The van der Waals surface area contributed by atoms with Gasteiger partial charge in [0.1, 0.15) is 4.90 Å². The van der Waals surface area contributed by atoms with Gasteiger partial charge >= 0.3 is 5.97 Å². The third kappa shape index (κ3) is 3.16. The molecule has 9 heteroatoms. The molecule has 0 amide bonds. The second-order valence-electron chi connectivity index (χ2n) is 5.62. The van der Waals surface area contributed by atoms with Crippen LogP contribution in [0.25, 0.3) is 0 Å². The van der Waals surface area contributed by atoms with Crippen LogP contribution in [0.15, 0.2) is 17.3 Å². The number of ether oxygens (including phenoxy) is 1. The molecule has 2 rings (SSSR count). The third-order valence-corrected chi connectivity index (χ3v) is 5.90. The molecule has 8 nitrogen and oxygen atoms in total. The van der Waals surface area contributed by atoms with E-state index >= 15 is 0 Å². The van der Waals surface area contributed by atoms with Gasteiger partial charge in [-0.2, -0.15) is 9.40 Å². The molecule has 1 fully saturated rings. The Bertz CT molecular complexity index is 642. The van der Waals surface area contributed by atoms with Crippen LogP contribution in [0, 0.1) is 5.41 Å². The molecule has 1 unspecified atom stereocenters. The van der Waals surface area contributed by atoms with Crippen molar-refractivity contribution in [1.82, 2.24) is 14.1 Å². The highest BCUT2D eigenvalue weighted by Gasteiger charge is 2.45. The second kappa shape index (κ2) is 6.35. The summed E-state index contributed by atoms with van der Waals surface area (Å²) in [6.45, 7) is 0.565. The van der Waals surface area contributed by atoms with Gasteiger partial charge in [0.05, 0.1) is 11.6 Å². The predicted molar refractivity (Wildman–Crippen MR) is 77.8 cm³/mol. The van der Waals surface area contributed by atoms with E-state index in [-0.39, 0.29) is 24.5 Å². The van der Waals surface area contributed by atoms with E-state index in [4.69, 9.17) is 4.74 Å². The molecule has 0 spiro atoms. The first kappa shape index (κ1) is 16.9. The summed E-state index contributed by atoms with van der Waals surface area (Å²) in [4.78, 5) is 11.8. The molecule has 22 heavy (non-hydrogen) atoms. The normalized spacial score (nSPS) is 23.5. The van der Waals surface area contributed by atoms with Gasteiger partial charge in [0, 0.05) is 40.1 Å². The van der Waals surface area contributed by atoms with Crippen molar-refractivity contribution in [2.45, 2.75) is 24.2 Å². The minimum atomic E-state index is -3.72. The molecule has 0 bridgehead atoms. The number of aromatic nitrogens is 2. The van der Waals surface area contributed by atoms with Crippen molar-refractivity contribution in [3.05, 3.63) is 12.4 Å². The first-order chi connectivity index (χ1) is 10.3. The Balaban J connectivity index is 2.27. The summed E-state index contributed by atoms with van der Waals surface area (Å²) < 4.78 is 32.9. The average molecular weight is 331 g/mol. The fraction of sp³-hybridized carbons (Fsp3) is 0.692. The first-order valence-electron chi connectivity index (χ1n) is 7.03. The fourth-order valence-electron chi connectivity index (χ4n) is 2.76. The molecule has 0 aliphatic carbocycles. The van der Waals surface area contributed by atoms with Gasteiger partial charge in [0.25, 0.3) is 0 Å². The Morgan fingerprint density at radius 2 is 2.27 bits per heavy atom. The van der Waals surface area contributed by atoms with Crippen molar-refractivity contribution in [2.24, 2.45) is 12.5 Å². The predicted octanol–water partition coefficient (Wildman–Crippen LogP) is 0.312. The zero-order chi connectivity index (χ0) is 16.4. The Labute approximate surface area is 129 Å². The Morgan fingerprint density at radius 3 is 2.82 bits per heavy atom. The van der Waals surface area contributed by atoms with Crippen LogP contribution in [0.1, 0.15) is 19.3 Å². The Morgan fingerprint density at radius 1 is 1.55 bits per heavy atom. The van der Waals surface area contributed by atoms with Crippen LogP contribution in [-0.2, 0) is 26.6 Å². The van der Waals surface area contributed by atoms with Gasteiger partial charge in [-0.05, 0) is 19.3 Å². The molecule has 0 radical (unpaired) electrons. The second-order valence-corrected chi connectivity index (χ2v) is 7.56. The number of piperidine rings is 1. The molecule has 0 saturated carbocycles. The highest BCUT2D eigenvalue weighted by Crippen LogP contribution is 2.36. The van der Waals surface area contributed by atoms with E-state index in [1.165, 1.54) is 28.5 Å². The molecule has 0 aromatic carbocycles. The molecular weight excluding hydrogens is 310 g/mol. The lowest BCUT2D eigenvalue weighted by Gasteiger charge is -2.38. The maximum Gasteiger partial charge on any atom is 0.311 e. The summed E-state index contributed by atoms with van der Waals surface area (Å²) in [5.41, 5.74) is -1.09.